The summed E-state index contributed by atoms with van der Waals surface area (Å²) in [6, 6.07) is 2.92. The normalized spacial score (nSPS) is 18.3. The zero-order valence-corrected chi connectivity index (χ0v) is 10.0. The van der Waals surface area contributed by atoms with Crippen molar-refractivity contribution in [2.45, 2.75) is 6.42 Å². The minimum Gasteiger partial charge on any atom is -0.462 e. The van der Waals surface area contributed by atoms with Gasteiger partial charge in [-0.15, -0.1) is 0 Å². The SMILES string of the molecule is O=C(OCC1CCOC1)c1ccc(F)c([N+](=O)[O-])c1. The van der Waals surface area contributed by atoms with Crippen molar-refractivity contribution >= 4 is 11.7 Å². The predicted molar refractivity (Wildman–Crippen MR) is 62.3 cm³/mol. The minimum absolute atomic E-state index is 0.0352. The summed E-state index contributed by atoms with van der Waals surface area (Å²) in [5.41, 5.74) is -0.773. The number of rotatable bonds is 4. The topological polar surface area (TPSA) is 78.7 Å². The Bertz CT molecular complexity index is 499. The number of esters is 1. The van der Waals surface area contributed by atoms with Crippen LogP contribution in [0.4, 0.5) is 10.1 Å². The van der Waals surface area contributed by atoms with Crippen LogP contribution < -0.4 is 0 Å². The van der Waals surface area contributed by atoms with E-state index in [1.165, 1.54) is 0 Å². The van der Waals surface area contributed by atoms with Crippen molar-refractivity contribution in [3.8, 4) is 0 Å². The average Bonchev–Trinajstić information content (AvgIpc) is 2.89. The summed E-state index contributed by atoms with van der Waals surface area (Å²) in [7, 11) is 0. The van der Waals surface area contributed by atoms with Crippen LogP contribution in [-0.4, -0.2) is 30.7 Å². The van der Waals surface area contributed by atoms with Crippen LogP contribution in [0.15, 0.2) is 18.2 Å². The summed E-state index contributed by atoms with van der Waals surface area (Å²) in [6.07, 6.45) is 0.816. The molecule has 0 N–H and O–H groups in total. The fraction of sp³-hybridized carbons (Fsp3) is 0.417. The molecule has 6 nitrogen and oxygen atoms in total. The third kappa shape index (κ3) is 3.25. The number of halogens is 1. The molecule has 19 heavy (non-hydrogen) atoms. The van der Waals surface area contributed by atoms with Crippen LogP contribution in [0.5, 0.6) is 0 Å². The molecule has 7 heteroatoms. The molecule has 0 aromatic heterocycles. The Labute approximate surface area is 108 Å². The van der Waals surface area contributed by atoms with Gasteiger partial charge < -0.3 is 9.47 Å². The second-order valence-corrected chi connectivity index (χ2v) is 4.25. The lowest BCUT2D eigenvalue weighted by Crippen LogP contribution is -2.14. The van der Waals surface area contributed by atoms with Crippen LogP contribution >= 0.6 is 0 Å². The first-order chi connectivity index (χ1) is 9.08. The molecule has 102 valence electrons. The standard InChI is InChI=1S/C12H12FNO5/c13-10-2-1-9(5-11(10)14(16)17)12(15)19-7-8-3-4-18-6-8/h1-2,5,8H,3-4,6-7H2. The van der Waals surface area contributed by atoms with Gasteiger partial charge in [-0.3, -0.25) is 10.1 Å². The largest absolute Gasteiger partial charge is 0.462 e. The van der Waals surface area contributed by atoms with Crippen molar-refractivity contribution in [1.82, 2.24) is 0 Å². The molecule has 0 aliphatic carbocycles. The maximum Gasteiger partial charge on any atom is 0.338 e. The molecule has 1 aromatic carbocycles. The summed E-state index contributed by atoms with van der Waals surface area (Å²) >= 11 is 0. The number of carbonyl (C=O) groups is 1. The van der Waals surface area contributed by atoms with E-state index in [0.29, 0.717) is 13.2 Å². The highest BCUT2D eigenvalue weighted by Gasteiger charge is 2.21. The highest BCUT2D eigenvalue weighted by molar-refractivity contribution is 5.90. The summed E-state index contributed by atoms with van der Waals surface area (Å²) in [5.74, 6) is -1.53. The first kappa shape index (κ1) is 13.4. The van der Waals surface area contributed by atoms with Crippen molar-refractivity contribution in [2.75, 3.05) is 19.8 Å². The van der Waals surface area contributed by atoms with Crippen LogP contribution in [0.25, 0.3) is 0 Å². The summed E-state index contributed by atoms with van der Waals surface area (Å²) in [4.78, 5) is 21.4. The quantitative estimate of drug-likeness (QED) is 0.474. The smallest absolute Gasteiger partial charge is 0.338 e. The summed E-state index contributed by atoms with van der Waals surface area (Å²) < 4.78 is 23.3. The highest BCUT2D eigenvalue weighted by atomic mass is 19.1. The van der Waals surface area contributed by atoms with Gasteiger partial charge >= 0.3 is 11.7 Å². The maximum atomic E-state index is 13.1. The lowest BCUT2D eigenvalue weighted by molar-refractivity contribution is -0.387. The first-order valence-corrected chi connectivity index (χ1v) is 5.76. The van der Waals surface area contributed by atoms with Gasteiger partial charge in [0.05, 0.1) is 23.7 Å². The third-order valence-electron chi connectivity index (χ3n) is 2.85. The van der Waals surface area contributed by atoms with E-state index in [4.69, 9.17) is 9.47 Å². The van der Waals surface area contributed by atoms with Crippen LogP contribution in [0, 0.1) is 21.8 Å². The molecular weight excluding hydrogens is 257 g/mol. The molecule has 0 bridgehead atoms. The second-order valence-electron chi connectivity index (χ2n) is 4.25. The summed E-state index contributed by atoms with van der Waals surface area (Å²) in [5, 5.41) is 10.6. The Balaban J connectivity index is 2.02. The van der Waals surface area contributed by atoms with Crippen molar-refractivity contribution in [1.29, 1.82) is 0 Å². The molecule has 0 spiro atoms. The van der Waals surface area contributed by atoms with Crippen LogP contribution in [-0.2, 0) is 9.47 Å². The Morgan fingerprint density at radius 2 is 2.37 bits per heavy atom. The van der Waals surface area contributed by atoms with Gasteiger partial charge in [0, 0.05) is 18.6 Å². The molecular formula is C12H12FNO5. The van der Waals surface area contributed by atoms with Gasteiger partial charge in [0.15, 0.2) is 0 Å². The van der Waals surface area contributed by atoms with E-state index in [9.17, 15) is 19.3 Å². The number of ether oxygens (including phenoxy) is 2. The molecule has 0 saturated carbocycles. The molecule has 2 rings (SSSR count). The molecule has 1 aliphatic rings. The molecule has 1 saturated heterocycles. The minimum atomic E-state index is -0.981. The molecule has 0 radical (unpaired) electrons. The van der Waals surface area contributed by atoms with E-state index in [0.717, 1.165) is 24.6 Å². The number of benzene rings is 1. The fourth-order valence-electron chi connectivity index (χ4n) is 1.77. The van der Waals surface area contributed by atoms with Crippen LogP contribution in [0.1, 0.15) is 16.8 Å². The fourth-order valence-corrected chi connectivity index (χ4v) is 1.77. The van der Waals surface area contributed by atoms with Crippen molar-refractivity contribution in [2.24, 2.45) is 5.92 Å². The number of nitro benzene ring substituents is 1. The molecule has 1 aromatic rings. The van der Waals surface area contributed by atoms with Gasteiger partial charge in [-0.1, -0.05) is 0 Å². The number of hydrogen-bond donors (Lipinski definition) is 0. The van der Waals surface area contributed by atoms with E-state index in [1.54, 1.807) is 0 Å². The van der Waals surface area contributed by atoms with Crippen molar-refractivity contribution < 1.29 is 23.6 Å². The molecule has 1 aliphatic heterocycles. The number of carbonyl (C=O) groups excluding carboxylic acids is 1. The average molecular weight is 269 g/mol. The maximum absolute atomic E-state index is 13.1. The molecule has 1 fully saturated rings. The Morgan fingerprint density at radius 3 is 3.00 bits per heavy atom. The van der Waals surface area contributed by atoms with Gasteiger partial charge in [0.25, 0.3) is 0 Å². The number of nitro groups is 1. The Kier molecular flexibility index (Phi) is 4.06. The second kappa shape index (κ2) is 5.75. The van der Waals surface area contributed by atoms with Gasteiger partial charge in [0.1, 0.15) is 0 Å². The molecule has 1 unspecified atom stereocenters. The molecule has 1 atom stereocenters. The number of nitrogens with zero attached hydrogens (tertiary/aromatic N) is 1. The first-order valence-electron chi connectivity index (χ1n) is 5.76. The lowest BCUT2D eigenvalue weighted by atomic mass is 10.1. The predicted octanol–water partition coefficient (Wildman–Crippen LogP) is 1.93. The zero-order chi connectivity index (χ0) is 13.8. The van der Waals surface area contributed by atoms with Gasteiger partial charge in [-0.05, 0) is 18.6 Å². The van der Waals surface area contributed by atoms with Gasteiger partial charge in [-0.2, -0.15) is 4.39 Å². The highest BCUT2D eigenvalue weighted by Crippen LogP contribution is 2.20. The van der Waals surface area contributed by atoms with Crippen molar-refractivity contribution in [3.05, 3.63) is 39.7 Å². The van der Waals surface area contributed by atoms with Gasteiger partial charge in [0.2, 0.25) is 5.82 Å². The van der Waals surface area contributed by atoms with Crippen LogP contribution in [0.2, 0.25) is 0 Å². The Hall–Kier alpha value is -2.02. The van der Waals surface area contributed by atoms with E-state index in [2.05, 4.69) is 0 Å². The van der Waals surface area contributed by atoms with Gasteiger partial charge in [-0.25, -0.2) is 4.79 Å². The summed E-state index contributed by atoms with van der Waals surface area (Å²) in [6.45, 7) is 1.38. The van der Waals surface area contributed by atoms with E-state index in [1.807, 2.05) is 0 Å². The Morgan fingerprint density at radius 1 is 1.58 bits per heavy atom. The molecule has 0 amide bonds. The lowest BCUT2D eigenvalue weighted by Gasteiger charge is -2.08. The zero-order valence-electron chi connectivity index (χ0n) is 10.0. The van der Waals surface area contributed by atoms with E-state index in [-0.39, 0.29) is 18.1 Å². The van der Waals surface area contributed by atoms with E-state index >= 15 is 0 Å². The van der Waals surface area contributed by atoms with Crippen molar-refractivity contribution in [3.63, 3.8) is 0 Å². The monoisotopic (exact) mass is 269 g/mol. The third-order valence-corrected chi connectivity index (χ3v) is 2.85. The number of hydrogen-bond acceptors (Lipinski definition) is 5. The van der Waals surface area contributed by atoms with Crippen LogP contribution in [0.3, 0.4) is 0 Å². The molecule has 1 heterocycles. The van der Waals surface area contributed by atoms with E-state index < -0.39 is 22.4 Å².